The molecule has 36 heavy (non-hydrogen) atoms. The zero-order chi connectivity index (χ0) is 26.7. The topological polar surface area (TPSA) is 107 Å². The molecular formula is C22H22ClF3N4O5S. The average molecular weight is 547 g/mol. The predicted molar refractivity (Wildman–Crippen MR) is 125 cm³/mol. The molecule has 2 heterocycles. The fraction of sp³-hybridized carbons (Fsp3) is 0.364. The maximum Gasteiger partial charge on any atom is 0.534 e. The molecule has 0 radical (unpaired) electrons. The van der Waals surface area contributed by atoms with E-state index in [1.54, 1.807) is 49.6 Å². The van der Waals surface area contributed by atoms with E-state index in [2.05, 4.69) is 9.97 Å². The first-order valence-electron chi connectivity index (χ1n) is 10.5. The van der Waals surface area contributed by atoms with Crippen molar-refractivity contribution < 1.29 is 37.4 Å². The van der Waals surface area contributed by atoms with E-state index in [9.17, 15) is 27.9 Å². The fourth-order valence-electron chi connectivity index (χ4n) is 3.00. The van der Waals surface area contributed by atoms with Crippen LogP contribution in [-0.4, -0.2) is 49.1 Å². The van der Waals surface area contributed by atoms with E-state index in [1.807, 2.05) is 0 Å². The van der Waals surface area contributed by atoms with Gasteiger partial charge in [-0.05, 0) is 57.2 Å². The van der Waals surface area contributed by atoms with Crippen molar-refractivity contribution in [1.29, 1.82) is 0 Å². The fourth-order valence-corrected chi connectivity index (χ4v) is 4.16. The lowest BCUT2D eigenvalue weighted by Crippen LogP contribution is -2.36. The Morgan fingerprint density at radius 1 is 1.22 bits per heavy atom. The van der Waals surface area contributed by atoms with E-state index < -0.39 is 29.6 Å². The molecule has 0 saturated heterocycles. The average Bonchev–Trinajstić information content (AvgIpc) is 3.09. The molecule has 1 aromatic carbocycles. The lowest BCUT2D eigenvalue weighted by atomic mass is 10.2. The number of para-hydroxylation sites is 2. The minimum atomic E-state index is -4.58. The molecule has 14 heteroatoms. The van der Waals surface area contributed by atoms with Gasteiger partial charge in [0.2, 0.25) is 0 Å². The Labute approximate surface area is 213 Å². The van der Waals surface area contributed by atoms with Gasteiger partial charge in [0, 0.05) is 12.7 Å². The molecule has 0 aliphatic rings. The highest BCUT2D eigenvalue weighted by Gasteiger charge is 2.32. The molecule has 0 fully saturated rings. The van der Waals surface area contributed by atoms with Gasteiger partial charge in [0.25, 0.3) is 0 Å². The van der Waals surface area contributed by atoms with E-state index in [-0.39, 0.29) is 29.6 Å². The number of imidazole rings is 1. The van der Waals surface area contributed by atoms with E-state index in [0.29, 0.717) is 27.4 Å². The second-order valence-corrected chi connectivity index (χ2v) is 9.80. The van der Waals surface area contributed by atoms with Gasteiger partial charge in [0.1, 0.15) is 10.6 Å². The van der Waals surface area contributed by atoms with Crippen molar-refractivity contribution in [3.63, 3.8) is 0 Å². The van der Waals surface area contributed by atoms with Crippen LogP contribution in [0.15, 0.2) is 46.7 Å². The zero-order valence-electron chi connectivity index (χ0n) is 19.4. The molecule has 194 valence electrons. The minimum Gasteiger partial charge on any atom is -0.463 e. The first-order chi connectivity index (χ1) is 16.7. The Balaban J connectivity index is 1.78. The van der Waals surface area contributed by atoms with E-state index >= 15 is 0 Å². The summed E-state index contributed by atoms with van der Waals surface area (Å²) in [5, 5.41) is 10.2. The van der Waals surface area contributed by atoms with Gasteiger partial charge in [0.05, 0.1) is 28.2 Å². The molecule has 0 aliphatic heterocycles. The Bertz CT molecular complexity index is 1260. The Kier molecular flexibility index (Phi) is 8.24. The number of amides is 1. The summed E-state index contributed by atoms with van der Waals surface area (Å²) in [4.78, 5) is 36.5. The van der Waals surface area contributed by atoms with E-state index in [4.69, 9.17) is 21.2 Å². The molecule has 9 nitrogen and oxygen atoms in total. The Morgan fingerprint density at radius 3 is 2.53 bits per heavy atom. The number of nitrogens with zero attached hydrogens (tertiary/aromatic N) is 4. The first-order valence-corrected chi connectivity index (χ1v) is 11.7. The van der Waals surface area contributed by atoms with Crippen LogP contribution in [0.5, 0.6) is 0 Å². The Morgan fingerprint density at radius 2 is 1.92 bits per heavy atom. The van der Waals surface area contributed by atoms with Crippen molar-refractivity contribution in [3.8, 4) is 0 Å². The number of carbonyl (C=O) groups excluding carboxylic acids is 1. The molecule has 1 N–H and O–H groups in total. The maximum atomic E-state index is 12.9. The van der Waals surface area contributed by atoms with Gasteiger partial charge in [-0.3, -0.25) is 0 Å². The van der Waals surface area contributed by atoms with Gasteiger partial charge in [-0.25, -0.2) is 19.6 Å². The smallest absolute Gasteiger partial charge is 0.463 e. The summed E-state index contributed by atoms with van der Waals surface area (Å²) in [5.74, 6) is 0. The summed E-state index contributed by atoms with van der Waals surface area (Å²) >= 11 is 7.03. The molecule has 1 amide bonds. The molecule has 3 aromatic rings. The van der Waals surface area contributed by atoms with Crippen molar-refractivity contribution in [2.75, 3.05) is 6.54 Å². The maximum absolute atomic E-state index is 12.9. The van der Waals surface area contributed by atoms with Gasteiger partial charge < -0.3 is 19.2 Å². The highest BCUT2D eigenvalue weighted by molar-refractivity contribution is 7.99. The summed E-state index contributed by atoms with van der Waals surface area (Å²) in [5.41, 5.74) is -0.512. The van der Waals surface area contributed by atoms with Crippen LogP contribution in [0.4, 0.5) is 22.8 Å². The number of hydrogen-bond acceptors (Lipinski definition) is 7. The van der Waals surface area contributed by atoms with Crippen molar-refractivity contribution in [3.05, 3.63) is 47.1 Å². The predicted octanol–water partition coefficient (Wildman–Crippen LogP) is 6.49. The summed E-state index contributed by atoms with van der Waals surface area (Å²) in [7, 11) is 0. The number of benzene rings is 1. The molecule has 0 unspecified atom stereocenters. The van der Waals surface area contributed by atoms with Gasteiger partial charge >= 0.3 is 18.4 Å². The molecule has 0 aliphatic carbocycles. The number of rotatable bonds is 6. The standard InChI is InChI=1S/C22H22ClF3N4O5S/c1-21(2,3)34-20(33)35-30(19(31)32)10-6-9-29-16-8-5-4-7-15(16)28-18(29)36-17-14(23)11-13(12-27-17)22(24,25)26/h4-5,7-8,11-12H,6,9-10H2,1-3H3,(H,31,32). The molecule has 0 bridgehead atoms. The number of hydrogen-bond donors (Lipinski definition) is 1. The normalized spacial score (nSPS) is 12.0. The number of aromatic nitrogens is 3. The SMILES string of the molecule is CC(C)(C)OC(=O)ON(CCCn1c(Sc2ncc(C(F)(F)F)cc2Cl)nc2ccccc21)C(=O)O. The van der Waals surface area contributed by atoms with Crippen LogP contribution in [0.25, 0.3) is 11.0 Å². The molecule has 0 atom stereocenters. The number of pyridine rings is 1. The van der Waals surface area contributed by atoms with Crippen LogP contribution in [0.1, 0.15) is 32.8 Å². The van der Waals surface area contributed by atoms with Gasteiger partial charge in [-0.1, -0.05) is 23.7 Å². The number of halogens is 4. The van der Waals surface area contributed by atoms with Crippen LogP contribution >= 0.6 is 23.4 Å². The second kappa shape index (κ2) is 10.8. The summed E-state index contributed by atoms with van der Waals surface area (Å²) in [6.45, 7) is 4.90. The minimum absolute atomic E-state index is 0.127. The lowest BCUT2D eigenvalue weighted by Gasteiger charge is -2.22. The van der Waals surface area contributed by atoms with Crippen molar-refractivity contribution >= 4 is 46.6 Å². The lowest BCUT2D eigenvalue weighted by molar-refractivity contribution is -0.137. The molecule has 2 aromatic heterocycles. The van der Waals surface area contributed by atoms with Crippen molar-refractivity contribution in [1.82, 2.24) is 19.6 Å². The third kappa shape index (κ3) is 7.17. The number of aryl methyl sites for hydroxylation is 1. The number of carbonyl (C=O) groups is 2. The molecule has 0 spiro atoms. The van der Waals surface area contributed by atoms with Crippen LogP contribution in [0, 0.1) is 0 Å². The van der Waals surface area contributed by atoms with Crippen molar-refractivity contribution in [2.24, 2.45) is 0 Å². The third-order valence-electron chi connectivity index (χ3n) is 4.47. The quantitative estimate of drug-likeness (QED) is 0.276. The molecule has 3 rings (SSSR count). The zero-order valence-corrected chi connectivity index (χ0v) is 20.9. The van der Waals surface area contributed by atoms with Gasteiger partial charge in [-0.15, -0.1) is 5.06 Å². The first kappa shape index (κ1) is 27.4. The number of hydroxylamine groups is 2. The Hall–Kier alpha value is -3.19. The third-order valence-corrected chi connectivity index (χ3v) is 5.89. The highest BCUT2D eigenvalue weighted by Crippen LogP contribution is 2.37. The number of carboxylic acid groups (broad SMARTS) is 1. The van der Waals surface area contributed by atoms with Crippen LogP contribution in [0.2, 0.25) is 5.02 Å². The van der Waals surface area contributed by atoms with Crippen LogP contribution in [0.3, 0.4) is 0 Å². The molecule has 0 saturated carbocycles. The van der Waals surface area contributed by atoms with Crippen LogP contribution in [-0.2, 0) is 22.3 Å². The van der Waals surface area contributed by atoms with Crippen LogP contribution < -0.4 is 0 Å². The summed E-state index contributed by atoms with van der Waals surface area (Å²) < 4.78 is 45.6. The monoisotopic (exact) mass is 546 g/mol. The largest absolute Gasteiger partial charge is 0.534 e. The van der Waals surface area contributed by atoms with E-state index in [0.717, 1.165) is 17.8 Å². The van der Waals surface area contributed by atoms with Crippen molar-refractivity contribution in [2.45, 2.75) is 55.7 Å². The summed E-state index contributed by atoms with van der Waals surface area (Å²) in [6.07, 6.45) is -6.31. The van der Waals surface area contributed by atoms with Gasteiger partial charge in [0.15, 0.2) is 5.16 Å². The highest BCUT2D eigenvalue weighted by atomic mass is 35.5. The number of alkyl halides is 3. The number of fused-ring (bicyclic) bond motifs is 1. The molecular weight excluding hydrogens is 525 g/mol. The second-order valence-electron chi connectivity index (χ2n) is 8.44. The van der Waals surface area contributed by atoms with E-state index in [1.165, 1.54) is 0 Å². The van der Waals surface area contributed by atoms with Gasteiger partial charge in [-0.2, -0.15) is 13.2 Å². The summed E-state index contributed by atoms with van der Waals surface area (Å²) in [6, 6.07) is 7.90. The number of ether oxygens (including phenoxy) is 1.